The van der Waals surface area contributed by atoms with Crippen molar-refractivity contribution in [3.63, 3.8) is 0 Å². The van der Waals surface area contributed by atoms with E-state index in [1.54, 1.807) is 0 Å². The summed E-state index contributed by atoms with van der Waals surface area (Å²) >= 11 is 0. The van der Waals surface area contributed by atoms with Crippen molar-refractivity contribution >= 4 is 0 Å². The van der Waals surface area contributed by atoms with Gasteiger partial charge >= 0.3 is 0 Å². The first-order chi connectivity index (χ1) is 8.59. The van der Waals surface area contributed by atoms with Crippen molar-refractivity contribution < 1.29 is 9.47 Å². The molecular formula is C14H28N2O2. The Morgan fingerprint density at radius 1 is 1.28 bits per heavy atom. The number of nitrogens with one attached hydrogen (secondary N) is 2. The Bertz CT molecular complexity index is 269. The van der Waals surface area contributed by atoms with Crippen LogP contribution in [-0.4, -0.2) is 51.6 Å². The van der Waals surface area contributed by atoms with Gasteiger partial charge < -0.3 is 20.1 Å². The van der Waals surface area contributed by atoms with Gasteiger partial charge in [0.1, 0.15) is 0 Å². The lowest BCUT2D eigenvalue weighted by Crippen LogP contribution is -2.61. The van der Waals surface area contributed by atoms with Gasteiger partial charge in [0.05, 0.1) is 19.3 Å². The smallest absolute Gasteiger partial charge is 0.0652 e. The predicted molar refractivity (Wildman–Crippen MR) is 72.8 cm³/mol. The molecule has 0 spiro atoms. The normalized spacial score (nSPS) is 38.7. The largest absolute Gasteiger partial charge is 0.381 e. The molecule has 2 aliphatic rings. The van der Waals surface area contributed by atoms with Crippen molar-refractivity contribution in [3.8, 4) is 0 Å². The van der Waals surface area contributed by atoms with E-state index >= 15 is 0 Å². The minimum Gasteiger partial charge on any atom is -0.381 e. The van der Waals surface area contributed by atoms with Gasteiger partial charge in [-0.1, -0.05) is 20.8 Å². The Kier molecular flexibility index (Phi) is 4.64. The molecule has 1 aliphatic heterocycles. The van der Waals surface area contributed by atoms with E-state index in [1.807, 2.05) is 7.11 Å². The molecule has 0 aromatic carbocycles. The molecule has 0 aromatic heterocycles. The van der Waals surface area contributed by atoms with E-state index in [0.29, 0.717) is 24.1 Å². The standard InChI is InChI=1S/C14H28N2O2/c1-5-15-11-9-18-8-10(11)7-16-12-6-13(17-4)14(12,2)3/h10-13,15-16H,5-9H2,1-4H3. The van der Waals surface area contributed by atoms with Crippen LogP contribution in [0.2, 0.25) is 0 Å². The topological polar surface area (TPSA) is 42.5 Å². The van der Waals surface area contributed by atoms with E-state index in [-0.39, 0.29) is 5.41 Å². The average molecular weight is 256 g/mol. The molecule has 1 aliphatic carbocycles. The molecule has 4 unspecified atom stereocenters. The Morgan fingerprint density at radius 3 is 2.67 bits per heavy atom. The van der Waals surface area contributed by atoms with Gasteiger partial charge in [-0.15, -0.1) is 0 Å². The Hall–Kier alpha value is -0.160. The van der Waals surface area contributed by atoms with Crippen LogP contribution in [-0.2, 0) is 9.47 Å². The van der Waals surface area contributed by atoms with Crippen molar-refractivity contribution in [2.75, 3.05) is 33.4 Å². The molecule has 1 heterocycles. The molecule has 1 saturated heterocycles. The summed E-state index contributed by atoms with van der Waals surface area (Å²) in [6.07, 6.45) is 1.53. The minimum atomic E-state index is 0.252. The molecule has 4 heteroatoms. The molecule has 0 bridgehead atoms. The van der Waals surface area contributed by atoms with Crippen molar-refractivity contribution in [2.24, 2.45) is 11.3 Å². The van der Waals surface area contributed by atoms with Gasteiger partial charge in [-0.25, -0.2) is 0 Å². The molecule has 2 rings (SSSR count). The first-order valence-electron chi connectivity index (χ1n) is 7.16. The molecule has 1 saturated carbocycles. The fraction of sp³-hybridized carbons (Fsp3) is 1.00. The monoisotopic (exact) mass is 256 g/mol. The van der Waals surface area contributed by atoms with Gasteiger partial charge in [0, 0.05) is 37.1 Å². The van der Waals surface area contributed by atoms with Crippen LogP contribution in [0.4, 0.5) is 0 Å². The zero-order valence-corrected chi connectivity index (χ0v) is 12.2. The Labute approximate surface area is 111 Å². The highest BCUT2D eigenvalue weighted by Gasteiger charge is 2.48. The summed E-state index contributed by atoms with van der Waals surface area (Å²) in [4.78, 5) is 0. The summed E-state index contributed by atoms with van der Waals surface area (Å²) < 4.78 is 11.1. The third kappa shape index (κ3) is 2.72. The van der Waals surface area contributed by atoms with Gasteiger partial charge in [0.2, 0.25) is 0 Å². The molecular weight excluding hydrogens is 228 g/mol. The zero-order valence-electron chi connectivity index (χ0n) is 12.2. The third-order valence-corrected chi connectivity index (χ3v) is 4.75. The average Bonchev–Trinajstić information content (AvgIpc) is 2.76. The van der Waals surface area contributed by atoms with Crippen LogP contribution in [0.25, 0.3) is 0 Å². The maximum atomic E-state index is 5.57. The predicted octanol–water partition coefficient (Wildman–Crippen LogP) is 1.01. The molecule has 0 aromatic rings. The molecule has 2 fully saturated rings. The third-order valence-electron chi connectivity index (χ3n) is 4.75. The van der Waals surface area contributed by atoms with Crippen molar-refractivity contribution in [1.82, 2.24) is 10.6 Å². The summed E-state index contributed by atoms with van der Waals surface area (Å²) in [5.41, 5.74) is 0.252. The van der Waals surface area contributed by atoms with Gasteiger partial charge in [0.25, 0.3) is 0 Å². The highest BCUT2D eigenvalue weighted by Crippen LogP contribution is 2.42. The van der Waals surface area contributed by atoms with Crippen LogP contribution in [0.15, 0.2) is 0 Å². The second-order valence-corrected chi connectivity index (χ2v) is 6.20. The summed E-state index contributed by atoms with van der Waals surface area (Å²) in [5, 5.41) is 7.21. The molecule has 2 N–H and O–H groups in total. The van der Waals surface area contributed by atoms with Crippen LogP contribution in [0.3, 0.4) is 0 Å². The highest BCUT2D eigenvalue weighted by atomic mass is 16.5. The molecule has 0 amide bonds. The van der Waals surface area contributed by atoms with Crippen molar-refractivity contribution in [3.05, 3.63) is 0 Å². The number of methoxy groups -OCH3 is 1. The summed E-state index contributed by atoms with van der Waals surface area (Å²) in [6.45, 7) is 10.5. The van der Waals surface area contributed by atoms with Gasteiger partial charge in [-0.2, -0.15) is 0 Å². The Balaban J connectivity index is 1.75. The zero-order chi connectivity index (χ0) is 13.2. The lowest BCUT2D eigenvalue weighted by molar-refractivity contribution is -0.0981. The molecule has 4 atom stereocenters. The molecule has 106 valence electrons. The van der Waals surface area contributed by atoms with E-state index in [2.05, 4.69) is 31.4 Å². The van der Waals surface area contributed by atoms with Crippen molar-refractivity contribution in [1.29, 1.82) is 0 Å². The lowest BCUT2D eigenvalue weighted by atomic mass is 9.64. The summed E-state index contributed by atoms with van der Waals surface area (Å²) in [5.74, 6) is 0.599. The van der Waals surface area contributed by atoms with Gasteiger partial charge in [0.15, 0.2) is 0 Å². The fourth-order valence-electron chi connectivity index (χ4n) is 3.21. The van der Waals surface area contributed by atoms with E-state index in [9.17, 15) is 0 Å². The first kappa shape index (κ1) is 14.3. The van der Waals surface area contributed by atoms with E-state index < -0.39 is 0 Å². The second kappa shape index (κ2) is 5.87. The minimum absolute atomic E-state index is 0.252. The number of hydrogen-bond acceptors (Lipinski definition) is 4. The first-order valence-corrected chi connectivity index (χ1v) is 7.16. The Morgan fingerprint density at radius 2 is 2.06 bits per heavy atom. The SMILES string of the molecule is CCNC1COCC1CNC1CC(OC)C1(C)C. The second-order valence-electron chi connectivity index (χ2n) is 6.20. The maximum Gasteiger partial charge on any atom is 0.0652 e. The maximum absolute atomic E-state index is 5.57. The highest BCUT2D eigenvalue weighted by molar-refractivity contribution is 5.03. The number of ether oxygens (including phenoxy) is 2. The lowest BCUT2D eigenvalue weighted by Gasteiger charge is -2.51. The number of likely N-dealkylation sites (N-methyl/N-ethyl adjacent to an activating group) is 1. The number of rotatable bonds is 6. The van der Waals surface area contributed by atoms with E-state index in [4.69, 9.17) is 9.47 Å². The van der Waals surface area contributed by atoms with E-state index in [0.717, 1.165) is 32.7 Å². The molecule has 0 radical (unpaired) electrons. The van der Waals surface area contributed by atoms with Crippen LogP contribution in [0.5, 0.6) is 0 Å². The summed E-state index contributed by atoms with van der Waals surface area (Å²) in [7, 11) is 1.81. The van der Waals surface area contributed by atoms with Crippen LogP contribution >= 0.6 is 0 Å². The van der Waals surface area contributed by atoms with Gasteiger partial charge in [-0.05, 0) is 13.0 Å². The fourth-order valence-corrected chi connectivity index (χ4v) is 3.21. The molecule has 4 nitrogen and oxygen atoms in total. The molecule has 18 heavy (non-hydrogen) atoms. The van der Waals surface area contributed by atoms with Crippen LogP contribution in [0.1, 0.15) is 27.2 Å². The van der Waals surface area contributed by atoms with Crippen molar-refractivity contribution in [2.45, 2.75) is 45.4 Å². The number of hydrogen-bond donors (Lipinski definition) is 2. The quantitative estimate of drug-likeness (QED) is 0.744. The van der Waals surface area contributed by atoms with Crippen LogP contribution < -0.4 is 10.6 Å². The summed E-state index contributed by atoms with van der Waals surface area (Å²) in [6, 6.07) is 1.09. The van der Waals surface area contributed by atoms with Gasteiger partial charge in [-0.3, -0.25) is 0 Å². The van der Waals surface area contributed by atoms with Crippen LogP contribution in [0, 0.1) is 11.3 Å². The van der Waals surface area contributed by atoms with E-state index in [1.165, 1.54) is 0 Å².